The SMILES string of the molecule is COc1cc(C)c(C(=O)CCCc2ccccc2)c(O)c1. The molecule has 0 aliphatic carbocycles. The Hall–Kier alpha value is -2.29. The number of ether oxygens (including phenoxy) is 1. The fraction of sp³-hybridized carbons (Fsp3) is 0.278. The standard InChI is InChI=1S/C18H20O3/c1-13-11-15(21-2)12-17(20)18(13)16(19)10-6-9-14-7-4-3-5-8-14/h3-5,7-8,11-12,20H,6,9-10H2,1-2H3. The van der Waals surface area contributed by atoms with Crippen molar-refractivity contribution in [2.24, 2.45) is 0 Å². The van der Waals surface area contributed by atoms with Crippen molar-refractivity contribution >= 4 is 5.78 Å². The summed E-state index contributed by atoms with van der Waals surface area (Å²) in [5, 5.41) is 9.99. The van der Waals surface area contributed by atoms with Crippen LogP contribution in [0.3, 0.4) is 0 Å². The fourth-order valence-corrected chi connectivity index (χ4v) is 2.44. The molecule has 0 radical (unpaired) electrons. The van der Waals surface area contributed by atoms with Gasteiger partial charge < -0.3 is 9.84 Å². The van der Waals surface area contributed by atoms with E-state index in [1.165, 1.54) is 18.7 Å². The Bertz CT molecular complexity index is 595. The third-order valence-electron chi connectivity index (χ3n) is 3.51. The van der Waals surface area contributed by atoms with E-state index in [1.54, 1.807) is 6.07 Å². The number of ketones is 1. The highest BCUT2D eigenvalue weighted by atomic mass is 16.5. The quantitative estimate of drug-likeness (QED) is 0.818. The van der Waals surface area contributed by atoms with Crippen LogP contribution in [0.5, 0.6) is 11.5 Å². The van der Waals surface area contributed by atoms with E-state index < -0.39 is 0 Å². The summed E-state index contributed by atoms with van der Waals surface area (Å²) in [5.41, 5.74) is 2.38. The van der Waals surface area contributed by atoms with Crippen LogP contribution >= 0.6 is 0 Å². The van der Waals surface area contributed by atoms with Gasteiger partial charge in [-0.15, -0.1) is 0 Å². The molecule has 110 valence electrons. The summed E-state index contributed by atoms with van der Waals surface area (Å²) in [4.78, 5) is 12.3. The molecule has 0 aliphatic rings. The Kier molecular flexibility index (Phi) is 4.99. The van der Waals surface area contributed by atoms with Gasteiger partial charge in [-0.05, 0) is 37.0 Å². The van der Waals surface area contributed by atoms with Crippen molar-refractivity contribution in [2.45, 2.75) is 26.2 Å². The van der Waals surface area contributed by atoms with Crippen LogP contribution in [-0.4, -0.2) is 18.0 Å². The van der Waals surface area contributed by atoms with Crippen molar-refractivity contribution in [3.63, 3.8) is 0 Å². The second kappa shape index (κ2) is 6.93. The first-order chi connectivity index (χ1) is 10.1. The monoisotopic (exact) mass is 284 g/mol. The lowest BCUT2D eigenvalue weighted by molar-refractivity contribution is 0.0977. The van der Waals surface area contributed by atoms with Gasteiger partial charge in [0, 0.05) is 12.5 Å². The molecule has 0 bridgehead atoms. The van der Waals surface area contributed by atoms with E-state index in [-0.39, 0.29) is 11.5 Å². The molecule has 1 N–H and O–H groups in total. The minimum absolute atomic E-state index is 0.00318. The normalized spacial score (nSPS) is 10.4. The lowest BCUT2D eigenvalue weighted by atomic mass is 9.98. The molecule has 0 atom stereocenters. The minimum atomic E-state index is -0.0245. The zero-order valence-corrected chi connectivity index (χ0v) is 12.4. The zero-order chi connectivity index (χ0) is 15.2. The number of methoxy groups -OCH3 is 1. The van der Waals surface area contributed by atoms with Crippen LogP contribution in [0.15, 0.2) is 42.5 Å². The maximum absolute atomic E-state index is 12.3. The van der Waals surface area contributed by atoms with Crippen molar-refractivity contribution in [1.29, 1.82) is 0 Å². The largest absolute Gasteiger partial charge is 0.507 e. The average molecular weight is 284 g/mol. The van der Waals surface area contributed by atoms with Crippen molar-refractivity contribution in [2.75, 3.05) is 7.11 Å². The van der Waals surface area contributed by atoms with Gasteiger partial charge in [0.05, 0.1) is 12.7 Å². The second-order valence-corrected chi connectivity index (χ2v) is 5.10. The average Bonchev–Trinajstić information content (AvgIpc) is 2.47. The van der Waals surface area contributed by atoms with E-state index >= 15 is 0 Å². The maximum atomic E-state index is 12.3. The summed E-state index contributed by atoms with van der Waals surface area (Å²) in [7, 11) is 1.54. The Morgan fingerprint density at radius 3 is 2.52 bits per heavy atom. The van der Waals surface area contributed by atoms with E-state index in [1.807, 2.05) is 25.1 Å². The van der Waals surface area contributed by atoms with E-state index in [0.29, 0.717) is 17.7 Å². The summed E-state index contributed by atoms with van der Waals surface area (Å²) in [6.07, 6.45) is 2.06. The number of Topliss-reactive ketones (excluding diaryl/α,β-unsaturated/α-hetero) is 1. The van der Waals surface area contributed by atoms with Crippen LogP contribution in [-0.2, 0) is 6.42 Å². The minimum Gasteiger partial charge on any atom is -0.507 e. The Labute approximate surface area is 125 Å². The predicted octanol–water partition coefficient (Wildman–Crippen LogP) is 3.91. The highest BCUT2D eigenvalue weighted by molar-refractivity contribution is 6.00. The van der Waals surface area contributed by atoms with E-state index in [2.05, 4.69) is 12.1 Å². The summed E-state index contributed by atoms with van der Waals surface area (Å²) >= 11 is 0. The van der Waals surface area contributed by atoms with Crippen LogP contribution in [0.4, 0.5) is 0 Å². The molecule has 0 saturated heterocycles. The number of aryl methyl sites for hydroxylation is 2. The number of rotatable bonds is 6. The van der Waals surface area contributed by atoms with Crippen molar-refractivity contribution < 1.29 is 14.6 Å². The van der Waals surface area contributed by atoms with E-state index in [4.69, 9.17) is 4.74 Å². The van der Waals surface area contributed by atoms with Gasteiger partial charge in [-0.25, -0.2) is 0 Å². The van der Waals surface area contributed by atoms with Crippen molar-refractivity contribution in [3.8, 4) is 11.5 Å². The first-order valence-corrected chi connectivity index (χ1v) is 7.06. The number of aromatic hydroxyl groups is 1. The number of carbonyl (C=O) groups excluding carboxylic acids is 1. The molecule has 0 fully saturated rings. The Morgan fingerprint density at radius 1 is 1.19 bits per heavy atom. The van der Waals surface area contributed by atoms with Gasteiger partial charge in [-0.1, -0.05) is 30.3 Å². The molecule has 0 aliphatic heterocycles. The van der Waals surface area contributed by atoms with Crippen LogP contribution in [0, 0.1) is 6.92 Å². The molecule has 2 aromatic carbocycles. The molecule has 21 heavy (non-hydrogen) atoms. The zero-order valence-electron chi connectivity index (χ0n) is 12.4. The Balaban J connectivity index is 2.01. The van der Waals surface area contributed by atoms with Gasteiger partial charge in [0.2, 0.25) is 0 Å². The topological polar surface area (TPSA) is 46.5 Å². The molecule has 0 heterocycles. The first-order valence-electron chi connectivity index (χ1n) is 7.06. The van der Waals surface area contributed by atoms with Gasteiger partial charge >= 0.3 is 0 Å². The van der Waals surface area contributed by atoms with Crippen LogP contribution < -0.4 is 4.74 Å². The van der Waals surface area contributed by atoms with Crippen LogP contribution in [0.2, 0.25) is 0 Å². The molecular formula is C18H20O3. The van der Waals surface area contributed by atoms with Crippen LogP contribution in [0.1, 0.15) is 34.3 Å². The van der Waals surface area contributed by atoms with Gasteiger partial charge in [-0.2, -0.15) is 0 Å². The highest BCUT2D eigenvalue weighted by Crippen LogP contribution is 2.28. The molecule has 3 nitrogen and oxygen atoms in total. The molecular weight excluding hydrogens is 264 g/mol. The van der Waals surface area contributed by atoms with Gasteiger partial charge in [0.25, 0.3) is 0 Å². The molecule has 2 aromatic rings. The van der Waals surface area contributed by atoms with Crippen LogP contribution in [0.25, 0.3) is 0 Å². The van der Waals surface area contributed by atoms with E-state index in [9.17, 15) is 9.90 Å². The third-order valence-corrected chi connectivity index (χ3v) is 3.51. The van der Waals surface area contributed by atoms with Gasteiger partial charge in [0.1, 0.15) is 11.5 Å². The van der Waals surface area contributed by atoms with Crippen molar-refractivity contribution in [3.05, 3.63) is 59.2 Å². The van der Waals surface area contributed by atoms with Gasteiger partial charge in [-0.3, -0.25) is 4.79 Å². The maximum Gasteiger partial charge on any atom is 0.166 e. The van der Waals surface area contributed by atoms with Crippen molar-refractivity contribution in [1.82, 2.24) is 0 Å². The summed E-state index contributed by atoms with van der Waals surface area (Å²) in [6.45, 7) is 1.81. The number of phenolic OH excluding ortho intramolecular Hbond substituents is 1. The number of hydrogen-bond acceptors (Lipinski definition) is 3. The summed E-state index contributed by atoms with van der Waals surface area (Å²) in [5.74, 6) is 0.533. The number of phenols is 1. The lowest BCUT2D eigenvalue weighted by Gasteiger charge is -2.10. The third kappa shape index (κ3) is 3.85. The van der Waals surface area contributed by atoms with E-state index in [0.717, 1.165) is 18.4 Å². The molecule has 0 saturated carbocycles. The summed E-state index contributed by atoms with van der Waals surface area (Å²) in [6, 6.07) is 13.3. The molecule has 0 aromatic heterocycles. The molecule has 0 unspecified atom stereocenters. The molecule has 3 heteroatoms. The second-order valence-electron chi connectivity index (χ2n) is 5.10. The number of hydrogen-bond donors (Lipinski definition) is 1. The smallest absolute Gasteiger partial charge is 0.166 e. The first kappa shape index (κ1) is 15.1. The fourth-order valence-electron chi connectivity index (χ4n) is 2.44. The number of benzene rings is 2. The molecule has 0 amide bonds. The number of carbonyl (C=O) groups is 1. The lowest BCUT2D eigenvalue weighted by Crippen LogP contribution is -2.03. The predicted molar refractivity (Wildman–Crippen MR) is 83.1 cm³/mol. The summed E-state index contributed by atoms with van der Waals surface area (Å²) < 4.78 is 5.08. The Morgan fingerprint density at radius 2 is 1.90 bits per heavy atom. The van der Waals surface area contributed by atoms with Gasteiger partial charge in [0.15, 0.2) is 5.78 Å². The molecule has 2 rings (SSSR count). The highest BCUT2D eigenvalue weighted by Gasteiger charge is 2.15. The molecule has 0 spiro atoms.